The van der Waals surface area contributed by atoms with E-state index in [2.05, 4.69) is 35.7 Å². The molecule has 0 radical (unpaired) electrons. The third-order valence-electron chi connectivity index (χ3n) is 5.92. The van der Waals surface area contributed by atoms with E-state index >= 15 is 0 Å². The maximum atomic E-state index is 13.0. The first-order valence-corrected chi connectivity index (χ1v) is 11.0. The lowest BCUT2D eigenvalue weighted by Crippen LogP contribution is -2.53. The highest BCUT2D eigenvalue weighted by Gasteiger charge is 2.50. The Morgan fingerprint density at radius 3 is 2.78 bits per heavy atom. The van der Waals surface area contributed by atoms with Gasteiger partial charge in [-0.05, 0) is 17.7 Å². The lowest BCUT2D eigenvalue weighted by atomic mass is 9.96. The Morgan fingerprint density at radius 1 is 1.38 bits per heavy atom. The van der Waals surface area contributed by atoms with Crippen molar-refractivity contribution in [1.82, 2.24) is 30.6 Å². The molecule has 0 spiro atoms. The molecule has 1 amide bonds. The number of benzene rings is 1. The number of nitrogens with zero attached hydrogens (tertiary/aromatic N) is 6. The second kappa shape index (κ2) is 7.75. The monoisotopic (exact) mass is 458 g/mol. The van der Waals surface area contributed by atoms with Crippen LogP contribution in [0.4, 0.5) is 14.5 Å². The van der Waals surface area contributed by atoms with Crippen molar-refractivity contribution in [3.8, 4) is 5.13 Å². The molecule has 1 aromatic carbocycles. The molecule has 0 bridgehead atoms. The average molecular weight is 458 g/mol. The highest BCUT2D eigenvalue weighted by Crippen LogP contribution is 2.38. The van der Waals surface area contributed by atoms with Gasteiger partial charge in [-0.25, -0.2) is 25.4 Å². The van der Waals surface area contributed by atoms with Gasteiger partial charge in [0.1, 0.15) is 0 Å². The minimum Gasteiger partial charge on any atom is -0.369 e. The summed E-state index contributed by atoms with van der Waals surface area (Å²) >= 11 is 0.798. The van der Waals surface area contributed by atoms with Gasteiger partial charge in [0.15, 0.2) is 5.01 Å². The van der Waals surface area contributed by atoms with E-state index in [0.717, 1.165) is 40.8 Å². The Kier molecular flexibility index (Phi) is 5.02. The molecule has 166 valence electrons. The molecule has 0 atom stereocenters. The number of hydrogen-bond acceptors (Lipinski definition) is 7. The predicted molar refractivity (Wildman–Crippen MR) is 115 cm³/mol. The Hall–Kier alpha value is -3.17. The fraction of sp³-hybridized carbons (Fsp3) is 0.450. The van der Waals surface area contributed by atoms with Gasteiger partial charge in [-0.1, -0.05) is 11.3 Å². The third kappa shape index (κ3) is 3.57. The Bertz CT molecular complexity index is 1220. The van der Waals surface area contributed by atoms with Crippen molar-refractivity contribution in [1.29, 1.82) is 0 Å². The average Bonchev–Trinajstić information content (AvgIpc) is 3.16. The number of halogens is 2. The second-order valence-corrected chi connectivity index (χ2v) is 9.03. The van der Waals surface area contributed by atoms with Crippen molar-refractivity contribution in [2.24, 2.45) is 5.92 Å². The van der Waals surface area contributed by atoms with Gasteiger partial charge >= 0.3 is 0 Å². The van der Waals surface area contributed by atoms with Crippen LogP contribution in [0.5, 0.6) is 0 Å². The maximum Gasteiger partial charge on any atom is 0.291 e. The number of carbonyl (C=O) groups is 1. The van der Waals surface area contributed by atoms with Gasteiger partial charge in [0.25, 0.3) is 12.1 Å². The number of fused-ring (bicyclic) bond motifs is 1. The molecule has 1 aliphatic heterocycles. The first kappa shape index (κ1) is 20.7. The number of rotatable bonds is 7. The van der Waals surface area contributed by atoms with Crippen molar-refractivity contribution in [2.75, 3.05) is 25.0 Å². The van der Waals surface area contributed by atoms with E-state index in [9.17, 15) is 13.6 Å². The first-order chi connectivity index (χ1) is 15.4. The molecular weight excluding hydrogens is 438 g/mol. The molecule has 9 nitrogen and oxygen atoms in total. The van der Waals surface area contributed by atoms with Gasteiger partial charge < -0.3 is 10.2 Å². The van der Waals surface area contributed by atoms with Crippen molar-refractivity contribution in [2.45, 2.75) is 31.5 Å². The number of aromatic nitrogens is 4. The highest BCUT2D eigenvalue weighted by molar-refractivity contribution is 7.13. The number of hydrogen-bond donors (Lipinski definition) is 2. The number of anilines is 1. The van der Waals surface area contributed by atoms with Crippen LogP contribution >= 0.6 is 11.3 Å². The van der Waals surface area contributed by atoms with Crippen molar-refractivity contribution in [3.05, 3.63) is 40.3 Å². The smallest absolute Gasteiger partial charge is 0.291 e. The zero-order chi connectivity index (χ0) is 22.5. The van der Waals surface area contributed by atoms with Gasteiger partial charge in [0.2, 0.25) is 11.0 Å². The summed E-state index contributed by atoms with van der Waals surface area (Å²) < 4.78 is 27.5. The van der Waals surface area contributed by atoms with E-state index in [1.165, 1.54) is 4.68 Å². The topological polar surface area (TPSA) is 92.3 Å². The summed E-state index contributed by atoms with van der Waals surface area (Å²) in [6.07, 6.45) is 0.638. The van der Waals surface area contributed by atoms with E-state index < -0.39 is 12.1 Å². The molecule has 2 aliphatic rings. The molecule has 5 rings (SSSR count). The molecule has 1 saturated carbocycles. The van der Waals surface area contributed by atoms with Gasteiger partial charge in [-0.15, -0.1) is 10.2 Å². The van der Waals surface area contributed by atoms with Gasteiger partial charge in [0.05, 0.1) is 17.6 Å². The van der Waals surface area contributed by atoms with Crippen LogP contribution < -0.4 is 15.5 Å². The molecule has 1 aliphatic carbocycles. The molecule has 3 aromatic rings. The normalized spacial score (nSPS) is 17.4. The van der Waals surface area contributed by atoms with E-state index in [1.807, 2.05) is 12.1 Å². The van der Waals surface area contributed by atoms with Crippen LogP contribution in [-0.4, -0.2) is 51.7 Å². The molecule has 2 aromatic heterocycles. The van der Waals surface area contributed by atoms with Crippen molar-refractivity contribution >= 4 is 33.8 Å². The summed E-state index contributed by atoms with van der Waals surface area (Å²) in [7, 11) is 1.63. The molecule has 2 fully saturated rings. The molecular formula is C20H20F2N8OS. The van der Waals surface area contributed by atoms with E-state index in [-0.39, 0.29) is 22.0 Å². The predicted octanol–water partition coefficient (Wildman–Crippen LogP) is 2.50. The van der Waals surface area contributed by atoms with E-state index in [4.69, 9.17) is 6.57 Å². The summed E-state index contributed by atoms with van der Waals surface area (Å²) in [5.74, 6) is -0.0763. The van der Waals surface area contributed by atoms with Crippen LogP contribution in [0.15, 0.2) is 18.3 Å². The second-order valence-electron chi connectivity index (χ2n) is 8.04. The number of nitrogens with one attached hydrogen (secondary N) is 2. The largest absolute Gasteiger partial charge is 0.369 e. The fourth-order valence-corrected chi connectivity index (χ4v) is 4.51. The molecule has 2 N–H and O–H groups in total. The summed E-state index contributed by atoms with van der Waals surface area (Å²) in [6.45, 7) is 9.03. The summed E-state index contributed by atoms with van der Waals surface area (Å²) in [6, 6.07) is 3.96. The highest BCUT2D eigenvalue weighted by atomic mass is 32.1. The van der Waals surface area contributed by atoms with Crippen LogP contribution in [0.25, 0.3) is 20.9 Å². The van der Waals surface area contributed by atoms with Crippen LogP contribution in [0.2, 0.25) is 0 Å². The Balaban J connectivity index is 1.51. The molecule has 3 heterocycles. The number of alkyl halides is 2. The lowest BCUT2D eigenvalue weighted by Gasteiger charge is -2.40. The summed E-state index contributed by atoms with van der Waals surface area (Å²) in [4.78, 5) is 17.7. The minimum atomic E-state index is -2.69. The Morgan fingerprint density at radius 2 is 2.16 bits per heavy atom. The maximum absolute atomic E-state index is 13.0. The number of carbonyl (C=O) groups excluding carboxylic acids is 1. The molecule has 0 unspecified atom stereocenters. The zero-order valence-electron chi connectivity index (χ0n) is 17.2. The Labute approximate surface area is 186 Å². The fourth-order valence-electron chi connectivity index (χ4n) is 3.84. The van der Waals surface area contributed by atoms with Crippen LogP contribution in [0, 0.1) is 12.5 Å². The number of amides is 1. The molecule has 1 saturated heterocycles. The zero-order valence-corrected chi connectivity index (χ0v) is 18.0. The minimum absolute atomic E-state index is 0.00660. The lowest BCUT2D eigenvalue weighted by molar-refractivity contribution is -0.125. The quantitative estimate of drug-likeness (QED) is 0.529. The SMILES string of the molecule is [C-]#[N+]C1(NCc2cc(N3CC(C(=O)NC)C3)c3cnn(-c4nnc(C(F)F)s4)c3c2)CC1. The van der Waals surface area contributed by atoms with E-state index in [0.29, 0.717) is 25.2 Å². The first-order valence-electron chi connectivity index (χ1n) is 10.2. The summed E-state index contributed by atoms with van der Waals surface area (Å²) in [5, 5.41) is 18.6. The van der Waals surface area contributed by atoms with Crippen LogP contribution in [0.3, 0.4) is 0 Å². The van der Waals surface area contributed by atoms with Gasteiger partial charge in [0, 0.05) is 50.6 Å². The van der Waals surface area contributed by atoms with Crippen LogP contribution in [-0.2, 0) is 11.3 Å². The third-order valence-corrected chi connectivity index (χ3v) is 6.83. The summed E-state index contributed by atoms with van der Waals surface area (Å²) in [5.41, 5.74) is 2.08. The standard InChI is InChI=1S/C20H20F2N8OS/c1-23-17(31)12-9-29(10-12)14-5-11(7-25-20(24-2)3-4-20)6-15-13(14)8-26-30(15)19-28-27-18(32-19)16(21)22/h5-6,8,12,16,25H,3-4,7,9-10H2,1H3,(H,23,31). The van der Waals surface area contributed by atoms with Crippen molar-refractivity contribution < 1.29 is 13.6 Å². The van der Waals surface area contributed by atoms with E-state index in [1.54, 1.807) is 13.2 Å². The van der Waals surface area contributed by atoms with Gasteiger partial charge in [-0.3, -0.25) is 9.64 Å². The molecule has 32 heavy (non-hydrogen) atoms. The van der Waals surface area contributed by atoms with Crippen molar-refractivity contribution in [3.63, 3.8) is 0 Å². The molecule has 12 heteroatoms. The van der Waals surface area contributed by atoms with Gasteiger partial charge in [-0.2, -0.15) is 5.10 Å². The van der Waals surface area contributed by atoms with Crippen LogP contribution in [0.1, 0.15) is 29.8 Å².